The van der Waals surface area contributed by atoms with Crippen LogP contribution in [0, 0.1) is 11.8 Å². The maximum absolute atomic E-state index is 12.0. The SMILES string of the molecule is COc1ccccc1C[C@H](CNC(=O)C1CC=CC1)C(=O)O. The third-order valence-corrected chi connectivity index (χ3v) is 3.91. The van der Waals surface area contributed by atoms with Crippen LogP contribution in [0.5, 0.6) is 5.75 Å². The van der Waals surface area contributed by atoms with Crippen LogP contribution in [0.2, 0.25) is 0 Å². The monoisotopic (exact) mass is 303 g/mol. The molecule has 0 aliphatic heterocycles. The Kier molecular flexibility index (Phi) is 5.58. The topological polar surface area (TPSA) is 75.6 Å². The molecule has 0 radical (unpaired) electrons. The van der Waals surface area contributed by atoms with Gasteiger partial charge in [-0.1, -0.05) is 30.4 Å². The summed E-state index contributed by atoms with van der Waals surface area (Å²) in [5.74, 6) is -1.05. The zero-order valence-corrected chi connectivity index (χ0v) is 12.6. The van der Waals surface area contributed by atoms with Crippen LogP contribution in [0.4, 0.5) is 0 Å². The van der Waals surface area contributed by atoms with Crippen LogP contribution >= 0.6 is 0 Å². The number of methoxy groups -OCH3 is 1. The molecule has 0 saturated heterocycles. The van der Waals surface area contributed by atoms with E-state index in [9.17, 15) is 14.7 Å². The average Bonchev–Trinajstić information content (AvgIpc) is 3.05. The van der Waals surface area contributed by atoms with Gasteiger partial charge in [-0.15, -0.1) is 0 Å². The highest BCUT2D eigenvalue weighted by atomic mass is 16.5. The molecule has 0 aromatic heterocycles. The molecular formula is C17H21NO4. The molecule has 1 amide bonds. The number of carboxylic acid groups (broad SMARTS) is 1. The van der Waals surface area contributed by atoms with Crippen molar-refractivity contribution in [1.29, 1.82) is 0 Å². The second kappa shape index (κ2) is 7.64. The predicted octanol–water partition coefficient (Wildman–Crippen LogP) is 2.02. The Morgan fingerprint density at radius 1 is 1.32 bits per heavy atom. The van der Waals surface area contributed by atoms with Gasteiger partial charge in [0.25, 0.3) is 0 Å². The van der Waals surface area contributed by atoms with Gasteiger partial charge < -0.3 is 15.2 Å². The zero-order chi connectivity index (χ0) is 15.9. The molecule has 5 nitrogen and oxygen atoms in total. The van der Waals surface area contributed by atoms with Gasteiger partial charge in [0.1, 0.15) is 5.75 Å². The number of benzene rings is 1. The normalized spacial score (nSPS) is 15.5. The molecule has 1 aromatic carbocycles. The first-order chi connectivity index (χ1) is 10.6. The highest BCUT2D eigenvalue weighted by Gasteiger charge is 2.23. The summed E-state index contributed by atoms with van der Waals surface area (Å²) < 4.78 is 5.24. The van der Waals surface area contributed by atoms with E-state index in [1.807, 2.05) is 30.4 Å². The van der Waals surface area contributed by atoms with Gasteiger partial charge in [0.2, 0.25) is 5.91 Å². The van der Waals surface area contributed by atoms with Gasteiger partial charge >= 0.3 is 5.97 Å². The Bertz CT molecular complexity index is 560. The molecule has 2 N–H and O–H groups in total. The molecule has 0 spiro atoms. The van der Waals surface area contributed by atoms with Crippen molar-refractivity contribution < 1.29 is 19.4 Å². The number of hydrogen-bond acceptors (Lipinski definition) is 3. The van der Waals surface area contributed by atoms with Crippen LogP contribution in [0.25, 0.3) is 0 Å². The predicted molar refractivity (Wildman–Crippen MR) is 82.7 cm³/mol. The number of allylic oxidation sites excluding steroid dienone is 2. The van der Waals surface area contributed by atoms with E-state index in [1.54, 1.807) is 13.2 Å². The summed E-state index contributed by atoms with van der Waals surface area (Å²) in [6.07, 6.45) is 5.75. The van der Waals surface area contributed by atoms with Crippen molar-refractivity contribution in [3.8, 4) is 5.75 Å². The van der Waals surface area contributed by atoms with Crippen molar-refractivity contribution in [3.05, 3.63) is 42.0 Å². The number of hydrogen-bond donors (Lipinski definition) is 2. The molecule has 1 atom stereocenters. The minimum Gasteiger partial charge on any atom is -0.496 e. The van der Waals surface area contributed by atoms with E-state index in [2.05, 4.69) is 5.32 Å². The van der Waals surface area contributed by atoms with Crippen LogP contribution in [0.1, 0.15) is 18.4 Å². The minimum atomic E-state index is -0.921. The lowest BCUT2D eigenvalue weighted by molar-refractivity contribution is -0.141. The summed E-state index contributed by atoms with van der Waals surface area (Å²) in [6.45, 7) is 0.128. The largest absolute Gasteiger partial charge is 0.496 e. The summed E-state index contributed by atoms with van der Waals surface area (Å²) in [6, 6.07) is 7.33. The van der Waals surface area contributed by atoms with E-state index in [4.69, 9.17) is 4.74 Å². The molecular weight excluding hydrogens is 282 g/mol. The van der Waals surface area contributed by atoms with Gasteiger partial charge in [0.15, 0.2) is 0 Å². The van der Waals surface area contributed by atoms with Crippen LogP contribution in [0.15, 0.2) is 36.4 Å². The molecule has 0 unspecified atom stereocenters. The average molecular weight is 303 g/mol. The molecule has 1 aliphatic carbocycles. The maximum atomic E-state index is 12.0. The molecule has 1 aromatic rings. The molecule has 1 aliphatic rings. The molecule has 0 heterocycles. The number of nitrogens with one attached hydrogen (secondary N) is 1. The lowest BCUT2D eigenvalue weighted by Crippen LogP contribution is -2.37. The fraction of sp³-hybridized carbons (Fsp3) is 0.412. The number of para-hydroxylation sites is 1. The number of rotatable bonds is 7. The van der Waals surface area contributed by atoms with Gasteiger partial charge in [-0.3, -0.25) is 9.59 Å². The van der Waals surface area contributed by atoms with E-state index in [0.29, 0.717) is 12.2 Å². The van der Waals surface area contributed by atoms with Gasteiger partial charge in [0, 0.05) is 12.5 Å². The fourth-order valence-corrected chi connectivity index (χ4v) is 2.58. The smallest absolute Gasteiger partial charge is 0.308 e. The number of carboxylic acids is 1. The summed E-state index contributed by atoms with van der Waals surface area (Å²) >= 11 is 0. The number of carbonyl (C=O) groups excluding carboxylic acids is 1. The molecule has 0 fully saturated rings. The number of amides is 1. The molecule has 2 rings (SSSR count). The van der Waals surface area contributed by atoms with Gasteiger partial charge in [-0.05, 0) is 30.9 Å². The van der Waals surface area contributed by atoms with Crippen molar-refractivity contribution in [2.45, 2.75) is 19.3 Å². The van der Waals surface area contributed by atoms with Gasteiger partial charge in [-0.25, -0.2) is 0 Å². The van der Waals surface area contributed by atoms with E-state index in [-0.39, 0.29) is 18.4 Å². The Hall–Kier alpha value is -2.30. The van der Waals surface area contributed by atoms with Crippen molar-refractivity contribution in [3.63, 3.8) is 0 Å². The summed E-state index contributed by atoms with van der Waals surface area (Å²) in [5.41, 5.74) is 0.828. The highest BCUT2D eigenvalue weighted by molar-refractivity contribution is 5.80. The molecule has 22 heavy (non-hydrogen) atoms. The lowest BCUT2D eigenvalue weighted by atomic mass is 9.98. The van der Waals surface area contributed by atoms with E-state index in [1.165, 1.54) is 0 Å². The second-order valence-corrected chi connectivity index (χ2v) is 5.44. The molecule has 0 saturated carbocycles. The quantitative estimate of drug-likeness (QED) is 0.756. The zero-order valence-electron chi connectivity index (χ0n) is 12.6. The summed E-state index contributed by atoms with van der Waals surface area (Å²) in [4.78, 5) is 23.4. The minimum absolute atomic E-state index is 0.0549. The Morgan fingerprint density at radius 3 is 2.64 bits per heavy atom. The van der Waals surface area contributed by atoms with Gasteiger partial charge in [-0.2, -0.15) is 0 Å². The van der Waals surface area contributed by atoms with E-state index in [0.717, 1.165) is 18.4 Å². The van der Waals surface area contributed by atoms with Crippen molar-refractivity contribution in [2.24, 2.45) is 11.8 Å². The molecule has 0 bridgehead atoms. The first-order valence-corrected chi connectivity index (χ1v) is 7.39. The van der Waals surface area contributed by atoms with Crippen molar-refractivity contribution >= 4 is 11.9 Å². The van der Waals surface area contributed by atoms with Crippen molar-refractivity contribution in [1.82, 2.24) is 5.32 Å². The fourth-order valence-electron chi connectivity index (χ4n) is 2.58. The van der Waals surface area contributed by atoms with Crippen LogP contribution in [-0.4, -0.2) is 30.6 Å². The summed E-state index contributed by atoms with van der Waals surface area (Å²) in [7, 11) is 1.56. The maximum Gasteiger partial charge on any atom is 0.308 e. The third-order valence-electron chi connectivity index (χ3n) is 3.91. The first kappa shape index (κ1) is 16.1. The molecule has 5 heteroatoms. The Balaban J connectivity index is 1.95. The summed E-state index contributed by atoms with van der Waals surface area (Å²) in [5, 5.41) is 12.1. The van der Waals surface area contributed by atoms with Gasteiger partial charge in [0.05, 0.1) is 13.0 Å². The Labute approximate surface area is 130 Å². The van der Waals surface area contributed by atoms with Crippen LogP contribution in [0.3, 0.4) is 0 Å². The van der Waals surface area contributed by atoms with Crippen LogP contribution in [-0.2, 0) is 16.0 Å². The number of aliphatic carboxylic acids is 1. The van der Waals surface area contributed by atoms with Crippen LogP contribution < -0.4 is 10.1 Å². The molecule has 118 valence electrons. The lowest BCUT2D eigenvalue weighted by Gasteiger charge is -2.17. The highest BCUT2D eigenvalue weighted by Crippen LogP contribution is 2.21. The second-order valence-electron chi connectivity index (χ2n) is 5.44. The van der Waals surface area contributed by atoms with Crippen molar-refractivity contribution in [2.75, 3.05) is 13.7 Å². The number of ether oxygens (including phenoxy) is 1. The standard InChI is InChI=1S/C17H21NO4/c1-22-15-9-5-4-8-13(15)10-14(17(20)21)11-18-16(19)12-6-2-3-7-12/h2-5,8-9,12,14H,6-7,10-11H2,1H3,(H,18,19)(H,20,21)/t14-/m1/s1. The number of carbonyl (C=O) groups is 2. The Morgan fingerprint density at radius 2 is 2.00 bits per heavy atom. The first-order valence-electron chi connectivity index (χ1n) is 7.39. The van der Waals surface area contributed by atoms with E-state index >= 15 is 0 Å². The third kappa shape index (κ3) is 4.10. The van der Waals surface area contributed by atoms with E-state index < -0.39 is 11.9 Å².